The normalized spacial score (nSPS) is 25.1. The molecule has 2 aliphatic heterocycles. The molecular weight excluding hydrogens is 336 g/mol. The van der Waals surface area contributed by atoms with Crippen molar-refractivity contribution in [3.63, 3.8) is 0 Å². The number of aromatic nitrogens is 2. The third kappa shape index (κ3) is 2.28. The Morgan fingerprint density at radius 2 is 2.08 bits per heavy atom. The van der Waals surface area contributed by atoms with Gasteiger partial charge in [-0.2, -0.15) is 0 Å². The first kappa shape index (κ1) is 16.6. The number of amides is 2. The Balaban J connectivity index is 1.56. The van der Waals surface area contributed by atoms with Crippen LogP contribution in [0.1, 0.15) is 6.92 Å². The summed E-state index contributed by atoms with van der Waals surface area (Å²) in [5.41, 5.74) is 0.454. The van der Waals surface area contributed by atoms with E-state index < -0.39 is 17.3 Å². The van der Waals surface area contributed by atoms with Gasteiger partial charge < -0.3 is 19.5 Å². The van der Waals surface area contributed by atoms with Gasteiger partial charge in [0.2, 0.25) is 11.8 Å². The van der Waals surface area contributed by atoms with Crippen LogP contribution in [-0.2, 0) is 20.9 Å². The molecule has 2 aromatic rings. The molecule has 2 fully saturated rings. The van der Waals surface area contributed by atoms with Crippen LogP contribution in [-0.4, -0.2) is 68.4 Å². The molecule has 0 radical (unpaired) electrons. The number of likely N-dealkylation sites (tertiary alicyclic amines) is 2. The van der Waals surface area contributed by atoms with Crippen LogP contribution in [0.4, 0.5) is 0 Å². The van der Waals surface area contributed by atoms with Gasteiger partial charge in [0, 0.05) is 26.2 Å². The quantitative estimate of drug-likeness (QED) is 0.857. The Hall–Kier alpha value is -2.90. The van der Waals surface area contributed by atoms with Crippen molar-refractivity contribution in [3.8, 4) is 0 Å². The van der Waals surface area contributed by atoms with Crippen molar-refractivity contribution >= 4 is 28.8 Å². The lowest BCUT2D eigenvalue weighted by molar-refractivity contribution is -0.150. The molecule has 4 rings (SSSR count). The number of aliphatic carboxylic acids is 1. The maximum absolute atomic E-state index is 12.8. The van der Waals surface area contributed by atoms with Crippen LogP contribution in [0, 0.1) is 11.3 Å². The number of hydrogen-bond donors (Lipinski definition) is 1. The van der Waals surface area contributed by atoms with Crippen molar-refractivity contribution in [2.45, 2.75) is 13.5 Å². The summed E-state index contributed by atoms with van der Waals surface area (Å²) in [6, 6.07) is 7.51. The van der Waals surface area contributed by atoms with Crippen LogP contribution in [0.25, 0.3) is 11.0 Å². The molecule has 1 aromatic carbocycles. The molecule has 2 amide bonds. The molecular formula is C18H20N4O4. The molecule has 0 bridgehead atoms. The number of hydrogen-bond acceptors (Lipinski definition) is 4. The minimum Gasteiger partial charge on any atom is -0.481 e. The smallest absolute Gasteiger partial charge is 0.314 e. The number of rotatable bonds is 4. The number of nitrogens with zero attached hydrogens (tertiary/aromatic N) is 4. The molecule has 1 aromatic heterocycles. The molecule has 1 N–H and O–H groups in total. The number of carbonyl (C=O) groups is 3. The average Bonchev–Trinajstić information content (AvgIpc) is 3.28. The van der Waals surface area contributed by atoms with Gasteiger partial charge >= 0.3 is 5.97 Å². The molecule has 26 heavy (non-hydrogen) atoms. The molecule has 0 aliphatic carbocycles. The fraction of sp³-hybridized carbons (Fsp3) is 0.444. The number of benzene rings is 1. The molecule has 2 atom stereocenters. The summed E-state index contributed by atoms with van der Waals surface area (Å²) in [7, 11) is 0. The largest absolute Gasteiger partial charge is 0.481 e. The van der Waals surface area contributed by atoms with E-state index in [-0.39, 0.29) is 38.0 Å². The van der Waals surface area contributed by atoms with Crippen LogP contribution in [0.3, 0.4) is 0 Å². The van der Waals surface area contributed by atoms with E-state index in [2.05, 4.69) is 4.98 Å². The first-order valence-corrected chi connectivity index (χ1v) is 8.66. The Kier molecular flexibility index (Phi) is 3.71. The van der Waals surface area contributed by atoms with E-state index in [0.717, 1.165) is 11.0 Å². The molecule has 8 nitrogen and oxygen atoms in total. The van der Waals surface area contributed by atoms with Gasteiger partial charge in [-0.3, -0.25) is 14.4 Å². The molecule has 0 spiro atoms. The Bertz CT molecular complexity index is 907. The fourth-order valence-electron chi connectivity index (χ4n) is 4.15. The molecule has 8 heteroatoms. The second kappa shape index (κ2) is 5.82. The number of imidazole rings is 1. The summed E-state index contributed by atoms with van der Waals surface area (Å²) in [4.78, 5) is 44.6. The average molecular weight is 356 g/mol. The lowest BCUT2D eigenvalue weighted by Gasteiger charge is -2.24. The van der Waals surface area contributed by atoms with E-state index in [1.807, 2.05) is 31.2 Å². The van der Waals surface area contributed by atoms with E-state index in [1.54, 1.807) is 15.8 Å². The molecule has 136 valence electrons. The summed E-state index contributed by atoms with van der Waals surface area (Å²) < 4.78 is 1.75. The number of para-hydroxylation sites is 2. The lowest BCUT2D eigenvalue weighted by atomic mass is 9.81. The molecule has 2 saturated heterocycles. The van der Waals surface area contributed by atoms with E-state index in [4.69, 9.17) is 0 Å². The van der Waals surface area contributed by atoms with Gasteiger partial charge in [-0.05, 0) is 19.1 Å². The van der Waals surface area contributed by atoms with Gasteiger partial charge in [0.25, 0.3) is 0 Å². The highest BCUT2D eigenvalue weighted by Gasteiger charge is 2.62. The monoisotopic (exact) mass is 356 g/mol. The molecule has 3 heterocycles. The summed E-state index contributed by atoms with van der Waals surface area (Å²) >= 11 is 0. The highest BCUT2D eigenvalue weighted by Crippen LogP contribution is 2.43. The van der Waals surface area contributed by atoms with Crippen LogP contribution in [0.5, 0.6) is 0 Å². The molecule has 0 unspecified atom stereocenters. The highest BCUT2D eigenvalue weighted by atomic mass is 16.4. The number of carboxylic acid groups (broad SMARTS) is 1. The van der Waals surface area contributed by atoms with Crippen LogP contribution in [0.15, 0.2) is 30.6 Å². The summed E-state index contributed by atoms with van der Waals surface area (Å²) in [5.74, 6) is -2.03. The lowest BCUT2D eigenvalue weighted by Crippen LogP contribution is -2.42. The first-order chi connectivity index (χ1) is 12.5. The van der Waals surface area contributed by atoms with Crippen molar-refractivity contribution in [3.05, 3.63) is 30.6 Å². The summed E-state index contributed by atoms with van der Waals surface area (Å²) in [6.45, 7) is 2.80. The predicted molar refractivity (Wildman–Crippen MR) is 92.1 cm³/mol. The Morgan fingerprint density at radius 1 is 1.31 bits per heavy atom. The minimum absolute atomic E-state index is 0.0701. The second-order valence-corrected chi connectivity index (χ2v) is 7.00. The van der Waals surface area contributed by atoms with E-state index in [0.29, 0.717) is 6.54 Å². The first-order valence-electron chi connectivity index (χ1n) is 8.66. The predicted octanol–water partition coefficient (Wildman–Crippen LogP) is 0.428. The van der Waals surface area contributed by atoms with Gasteiger partial charge in [-0.25, -0.2) is 4.98 Å². The number of carboxylic acids is 1. The van der Waals surface area contributed by atoms with Crippen molar-refractivity contribution in [2.24, 2.45) is 11.3 Å². The fourth-order valence-corrected chi connectivity index (χ4v) is 4.15. The maximum atomic E-state index is 12.8. The Labute approximate surface area is 150 Å². The third-order valence-electron chi connectivity index (χ3n) is 5.62. The van der Waals surface area contributed by atoms with Gasteiger partial charge in [-0.15, -0.1) is 0 Å². The maximum Gasteiger partial charge on any atom is 0.314 e. The van der Waals surface area contributed by atoms with Crippen molar-refractivity contribution in [2.75, 3.05) is 26.2 Å². The zero-order valence-electron chi connectivity index (χ0n) is 14.5. The number of fused-ring (bicyclic) bond motifs is 2. The topological polar surface area (TPSA) is 95.7 Å². The van der Waals surface area contributed by atoms with E-state index >= 15 is 0 Å². The standard InChI is InChI=1S/C18H20N4O4/c1-2-20-9-18(17(25)26)10-21(7-12(18)16(20)24)15(23)8-22-11-19-13-5-3-4-6-14(13)22/h3-6,11-12H,2,7-10H2,1H3,(H,25,26)/t12-,18+/m0/s1. The summed E-state index contributed by atoms with van der Waals surface area (Å²) in [5, 5.41) is 9.77. The minimum atomic E-state index is -1.19. The summed E-state index contributed by atoms with van der Waals surface area (Å²) in [6.07, 6.45) is 1.61. The van der Waals surface area contributed by atoms with Gasteiger partial charge in [0.15, 0.2) is 0 Å². The molecule has 2 aliphatic rings. The van der Waals surface area contributed by atoms with E-state index in [9.17, 15) is 19.5 Å². The van der Waals surface area contributed by atoms with Crippen LogP contribution < -0.4 is 0 Å². The van der Waals surface area contributed by atoms with Crippen molar-refractivity contribution in [1.82, 2.24) is 19.4 Å². The SMILES string of the molecule is CCN1C[C@@]2(C(=O)O)CN(C(=O)Cn3cnc4ccccc43)C[C@H]2C1=O. The highest BCUT2D eigenvalue weighted by molar-refractivity contribution is 5.94. The van der Waals surface area contributed by atoms with Gasteiger partial charge in [0.1, 0.15) is 12.0 Å². The van der Waals surface area contributed by atoms with Gasteiger partial charge in [0.05, 0.1) is 23.3 Å². The van der Waals surface area contributed by atoms with E-state index in [1.165, 1.54) is 4.90 Å². The number of carbonyl (C=O) groups excluding carboxylic acids is 2. The van der Waals surface area contributed by atoms with Crippen molar-refractivity contribution in [1.29, 1.82) is 0 Å². The van der Waals surface area contributed by atoms with Crippen LogP contribution >= 0.6 is 0 Å². The Morgan fingerprint density at radius 3 is 2.77 bits per heavy atom. The third-order valence-corrected chi connectivity index (χ3v) is 5.62. The zero-order valence-corrected chi connectivity index (χ0v) is 14.5. The van der Waals surface area contributed by atoms with Gasteiger partial charge in [-0.1, -0.05) is 12.1 Å². The zero-order chi connectivity index (χ0) is 18.5. The second-order valence-electron chi connectivity index (χ2n) is 7.00. The molecule has 0 saturated carbocycles. The van der Waals surface area contributed by atoms with Crippen molar-refractivity contribution < 1.29 is 19.5 Å². The van der Waals surface area contributed by atoms with Crippen LogP contribution in [0.2, 0.25) is 0 Å².